The molecule has 0 spiro atoms. The summed E-state index contributed by atoms with van der Waals surface area (Å²) in [5.74, 6) is -6.53. The van der Waals surface area contributed by atoms with Crippen molar-refractivity contribution >= 4 is 52.1 Å². The lowest BCUT2D eigenvalue weighted by Crippen LogP contribution is -2.45. The molecule has 11 heteroatoms. The largest absolute Gasteiger partial charge is 0.478 e. The van der Waals surface area contributed by atoms with Crippen LogP contribution in [0.1, 0.15) is 69.3 Å². The molecule has 2 aliphatic heterocycles. The number of benzene rings is 3. The molecular formula is C28H19N3O8. The SMILES string of the molecule is C=C1C(=O)Nc2ccc(cc2)C(=O)c2c(C(=O)c3cc(N)ccc3C(=O)O)cc3c(N)c2C(=O)C1(O)CC3=O. The van der Waals surface area contributed by atoms with Crippen LogP contribution in [0.5, 0.6) is 0 Å². The molecule has 1 aliphatic carbocycles. The summed E-state index contributed by atoms with van der Waals surface area (Å²) in [6.07, 6.45) is -0.951. The number of aliphatic hydroxyl groups is 1. The molecule has 7 N–H and O–H groups in total. The van der Waals surface area contributed by atoms with Gasteiger partial charge in [0, 0.05) is 44.8 Å². The molecule has 5 bridgehead atoms. The van der Waals surface area contributed by atoms with E-state index in [1.807, 2.05) is 0 Å². The standard InChI is InChI=1S/C28H19N3O8/c1-11-26(36)31-14-5-2-12(3-6-14)23(33)20-18(24(34)16-8-13(29)4-7-15(16)27(37)38)9-17-19(32)10-28(11,39)25(35)21(20)22(17)30/h2-9,39H,1,10,29-30H2,(H,31,36)(H,37,38). The highest BCUT2D eigenvalue weighted by molar-refractivity contribution is 6.31. The number of carboxylic acids is 1. The number of hydrogen-bond acceptors (Lipinski definition) is 9. The highest BCUT2D eigenvalue weighted by atomic mass is 16.4. The van der Waals surface area contributed by atoms with Crippen LogP contribution in [0.2, 0.25) is 0 Å². The molecule has 1 amide bonds. The van der Waals surface area contributed by atoms with Gasteiger partial charge in [0.15, 0.2) is 23.0 Å². The molecule has 194 valence electrons. The van der Waals surface area contributed by atoms with Crippen LogP contribution in [-0.4, -0.2) is 50.8 Å². The smallest absolute Gasteiger partial charge is 0.336 e. The Hall–Kier alpha value is -5.42. The van der Waals surface area contributed by atoms with Crippen LogP contribution < -0.4 is 16.8 Å². The summed E-state index contributed by atoms with van der Waals surface area (Å²) >= 11 is 0. The highest BCUT2D eigenvalue weighted by Crippen LogP contribution is 2.40. The Morgan fingerprint density at radius 1 is 0.897 bits per heavy atom. The normalized spacial score (nSPS) is 18.3. The summed E-state index contributed by atoms with van der Waals surface area (Å²) in [6.45, 7) is 3.55. The van der Waals surface area contributed by atoms with Crippen LogP contribution in [0.25, 0.3) is 0 Å². The van der Waals surface area contributed by atoms with Gasteiger partial charge in [0.25, 0.3) is 5.91 Å². The molecule has 0 fully saturated rings. The van der Waals surface area contributed by atoms with Gasteiger partial charge in [0.05, 0.1) is 23.2 Å². The minimum Gasteiger partial charge on any atom is -0.478 e. The molecule has 3 aliphatic rings. The topological polar surface area (TPSA) is 207 Å². The van der Waals surface area contributed by atoms with Gasteiger partial charge >= 0.3 is 5.97 Å². The van der Waals surface area contributed by atoms with Crippen LogP contribution in [0.4, 0.5) is 17.1 Å². The van der Waals surface area contributed by atoms with Crippen molar-refractivity contribution in [1.82, 2.24) is 0 Å². The molecule has 1 atom stereocenters. The molecular weight excluding hydrogens is 506 g/mol. The zero-order chi connectivity index (χ0) is 28.4. The highest BCUT2D eigenvalue weighted by Gasteiger charge is 2.50. The number of amides is 1. The predicted octanol–water partition coefficient (Wildman–Crippen LogP) is 2.02. The Kier molecular flexibility index (Phi) is 5.54. The van der Waals surface area contributed by atoms with Crippen molar-refractivity contribution in [3.8, 4) is 0 Å². The van der Waals surface area contributed by atoms with E-state index < -0.39 is 86.1 Å². The Morgan fingerprint density at radius 2 is 1.56 bits per heavy atom. The lowest BCUT2D eigenvalue weighted by molar-refractivity contribution is -0.114. The molecule has 6 rings (SSSR count). The zero-order valence-corrected chi connectivity index (χ0v) is 20.0. The van der Waals surface area contributed by atoms with E-state index in [2.05, 4.69) is 11.9 Å². The summed E-state index contributed by atoms with van der Waals surface area (Å²) < 4.78 is 0. The predicted molar refractivity (Wildman–Crippen MR) is 138 cm³/mol. The summed E-state index contributed by atoms with van der Waals surface area (Å²) in [5.41, 5.74) is 5.30. The fraction of sp³-hybridized carbons (Fsp3) is 0.0714. The van der Waals surface area contributed by atoms with Crippen molar-refractivity contribution in [3.63, 3.8) is 0 Å². The second-order valence-corrected chi connectivity index (χ2v) is 9.20. The molecule has 0 radical (unpaired) electrons. The summed E-state index contributed by atoms with van der Waals surface area (Å²) in [6, 6.07) is 9.87. The second-order valence-electron chi connectivity index (χ2n) is 9.20. The number of carbonyl (C=O) groups is 6. The molecule has 1 unspecified atom stereocenters. The summed E-state index contributed by atoms with van der Waals surface area (Å²) in [7, 11) is 0. The third-order valence-electron chi connectivity index (χ3n) is 6.86. The molecule has 0 saturated heterocycles. The minimum absolute atomic E-state index is 0.0252. The van der Waals surface area contributed by atoms with Gasteiger partial charge in [0.1, 0.15) is 0 Å². The van der Waals surface area contributed by atoms with E-state index in [1.54, 1.807) is 0 Å². The lowest BCUT2D eigenvalue weighted by Gasteiger charge is -2.27. The van der Waals surface area contributed by atoms with Crippen molar-refractivity contribution in [2.45, 2.75) is 12.0 Å². The van der Waals surface area contributed by atoms with Crippen molar-refractivity contribution in [2.24, 2.45) is 0 Å². The second kappa shape index (κ2) is 8.57. The number of Topliss-reactive ketones (excluding diaryl/α,β-unsaturated/α-hetero) is 2. The third-order valence-corrected chi connectivity index (χ3v) is 6.86. The third kappa shape index (κ3) is 3.71. The van der Waals surface area contributed by atoms with Gasteiger partial charge in [-0.2, -0.15) is 0 Å². The number of nitrogens with two attached hydrogens (primary N) is 2. The molecule has 39 heavy (non-hydrogen) atoms. The molecule has 0 aromatic heterocycles. The first-order valence-electron chi connectivity index (χ1n) is 11.4. The van der Waals surface area contributed by atoms with E-state index in [9.17, 15) is 39.0 Å². The Bertz CT molecular complexity index is 1720. The maximum absolute atomic E-state index is 13.9. The monoisotopic (exact) mass is 525 g/mol. The van der Waals surface area contributed by atoms with E-state index >= 15 is 0 Å². The van der Waals surface area contributed by atoms with Gasteiger partial charge in [0.2, 0.25) is 5.78 Å². The van der Waals surface area contributed by atoms with Crippen molar-refractivity contribution in [1.29, 1.82) is 0 Å². The van der Waals surface area contributed by atoms with Crippen molar-refractivity contribution in [2.75, 3.05) is 16.8 Å². The van der Waals surface area contributed by atoms with Crippen LogP contribution in [0.3, 0.4) is 0 Å². The van der Waals surface area contributed by atoms with E-state index in [-0.39, 0.29) is 22.5 Å². The van der Waals surface area contributed by atoms with Gasteiger partial charge < -0.3 is 27.0 Å². The number of hydrogen-bond donors (Lipinski definition) is 5. The number of rotatable bonds is 3. The van der Waals surface area contributed by atoms with E-state index in [1.165, 1.54) is 30.3 Å². The van der Waals surface area contributed by atoms with Crippen LogP contribution in [0.15, 0.2) is 60.7 Å². The van der Waals surface area contributed by atoms with Gasteiger partial charge in [-0.25, -0.2) is 4.79 Å². The first kappa shape index (κ1) is 25.2. The van der Waals surface area contributed by atoms with E-state index in [0.29, 0.717) is 0 Å². The van der Waals surface area contributed by atoms with Crippen LogP contribution >= 0.6 is 0 Å². The zero-order valence-electron chi connectivity index (χ0n) is 20.0. The molecule has 2 heterocycles. The van der Waals surface area contributed by atoms with E-state index in [0.717, 1.165) is 18.2 Å². The number of carbonyl (C=O) groups excluding carboxylic acids is 5. The number of anilines is 3. The first-order chi connectivity index (χ1) is 18.3. The van der Waals surface area contributed by atoms with Crippen LogP contribution in [-0.2, 0) is 4.79 Å². The molecule has 3 aromatic rings. The van der Waals surface area contributed by atoms with Crippen LogP contribution in [0, 0.1) is 0 Å². The van der Waals surface area contributed by atoms with Crippen molar-refractivity contribution in [3.05, 3.63) is 99.6 Å². The Morgan fingerprint density at radius 3 is 2.21 bits per heavy atom. The first-order valence-corrected chi connectivity index (χ1v) is 11.4. The molecule has 3 aromatic carbocycles. The fourth-order valence-electron chi connectivity index (χ4n) is 4.76. The Labute approximate surface area is 219 Å². The number of aromatic carboxylic acids is 1. The number of ketones is 4. The van der Waals surface area contributed by atoms with Gasteiger partial charge in [-0.3, -0.25) is 24.0 Å². The van der Waals surface area contributed by atoms with Gasteiger partial charge in [-0.1, -0.05) is 6.58 Å². The molecule has 11 nitrogen and oxygen atoms in total. The molecule has 0 saturated carbocycles. The summed E-state index contributed by atoms with van der Waals surface area (Å²) in [5, 5.41) is 23.6. The number of carboxylic acid groups (broad SMARTS) is 1. The quantitative estimate of drug-likeness (QED) is 0.191. The average Bonchev–Trinajstić information content (AvgIpc) is 2.94. The number of fused-ring (bicyclic) bond motifs is 5. The summed E-state index contributed by atoms with van der Waals surface area (Å²) in [4.78, 5) is 79.8. The van der Waals surface area contributed by atoms with E-state index in [4.69, 9.17) is 11.5 Å². The van der Waals surface area contributed by atoms with Crippen molar-refractivity contribution < 1.29 is 39.0 Å². The Balaban J connectivity index is 1.92. The minimum atomic E-state index is -2.80. The fourth-order valence-corrected chi connectivity index (χ4v) is 4.76. The number of nitrogens with one attached hydrogen (secondary N) is 1. The van der Waals surface area contributed by atoms with Gasteiger partial charge in [-0.05, 0) is 48.5 Å². The maximum atomic E-state index is 13.9. The average molecular weight is 525 g/mol. The lowest BCUT2D eigenvalue weighted by atomic mass is 9.80. The maximum Gasteiger partial charge on any atom is 0.336 e. The number of nitrogen functional groups attached to an aromatic ring is 2. The van der Waals surface area contributed by atoms with Gasteiger partial charge in [-0.15, -0.1) is 0 Å².